The fraction of sp³-hybridized carbons (Fsp3) is 0.261. The van der Waals surface area contributed by atoms with Gasteiger partial charge in [-0.3, -0.25) is 10.1 Å². The molecule has 4 aromatic heterocycles. The van der Waals surface area contributed by atoms with Gasteiger partial charge < -0.3 is 14.2 Å². The van der Waals surface area contributed by atoms with Crippen molar-refractivity contribution in [1.82, 2.24) is 25.3 Å². The van der Waals surface area contributed by atoms with E-state index in [9.17, 15) is 0 Å². The van der Waals surface area contributed by atoms with E-state index < -0.39 is 0 Å². The molecule has 0 bridgehead atoms. The summed E-state index contributed by atoms with van der Waals surface area (Å²) in [6.07, 6.45) is 6.19. The van der Waals surface area contributed by atoms with Gasteiger partial charge in [0.25, 0.3) is 0 Å². The molecule has 0 unspecified atom stereocenters. The van der Waals surface area contributed by atoms with Crippen LogP contribution in [0.1, 0.15) is 35.9 Å². The maximum absolute atomic E-state index is 5.79. The number of hydrogen-bond donors (Lipinski definition) is 2. The van der Waals surface area contributed by atoms with Crippen molar-refractivity contribution in [3.63, 3.8) is 0 Å². The second kappa shape index (κ2) is 6.19. The summed E-state index contributed by atoms with van der Waals surface area (Å²) in [5.74, 6) is 2.09. The number of aryl methyl sites for hydroxylation is 2. The van der Waals surface area contributed by atoms with Gasteiger partial charge in [0, 0.05) is 45.7 Å². The number of aromatic nitrogens is 5. The average molecular weight is 399 g/mol. The second-order valence-electron chi connectivity index (χ2n) is 7.96. The van der Waals surface area contributed by atoms with Gasteiger partial charge in [0.05, 0.1) is 35.3 Å². The lowest BCUT2D eigenvalue weighted by molar-refractivity contribution is 0.393. The molecule has 1 fully saturated rings. The maximum Gasteiger partial charge on any atom is 0.141 e. The van der Waals surface area contributed by atoms with Gasteiger partial charge in [-0.15, -0.1) is 0 Å². The van der Waals surface area contributed by atoms with Gasteiger partial charge >= 0.3 is 0 Å². The molecule has 1 saturated carbocycles. The molecule has 0 atom stereocenters. The smallest absolute Gasteiger partial charge is 0.141 e. The van der Waals surface area contributed by atoms with E-state index in [-0.39, 0.29) is 0 Å². The standard InChI is InChI=1S/C23H21N5O2/c1-11-20(12(2)30-28-11)15-8-18-14(9-19(15)29-3)21-17(26-18)6-7-24-23(21)16-10-25-27-22(16)13-4-5-13/h6-10,13,26H,4-5H2,1-3H3,(H,25,27). The van der Waals surface area contributed by atoms with Gasteiger partial charge in [0.1, 0.15) is 11.5 Å². The maximum atomic E-state index is 5.79. The number of fused-ring (bicyclic) bond motifs is 3. The highest BCUT2D eigenvalue weighted by Gasteiger charge is 2.30. The quantitative estimate of drug-likeness (QED) is 0.430. The Hall–Kier alpha value is -3.61. The topological polar surface area (TPSA) is 92.6 Å². The Labute approximate surface area is 172 Å². The molecule has 1 aliphatic rings. The number of benzene rings is 1. The van der Waals surface area contributed by atoms with Crippen LogP contribution < -0.4 is 4.74 Å². The molecule has 150 valence electrons. The molecule has 0 amide bonds. The molecule has 0 spiro atoms. The van der Waals surface area contributed by atoms with Crippen LogP contribution in [0.5, 0.6) is 5.75 Å². The first-order valence-corrected chi connectivity index (χ1v) is 10.1. The Kier molecular flexibility index (Phi) is 3.56. The molecule has 5 aromatic rings. The van der Waals surface area contributed by atoms with Gasteiger partial charge in [-0.2, -0.15) is 5.10 Å². The van der Waals surface area contributed by atoms with Crippen LogP contribution in [0.2, 0.25) is 0 Å². The van der Waals surface area contributed by atoms with Crippen molar-refractivity contribution in [2.75, 3.05) is 7.11 Å². The van der Waals surface area contributed by atoms with E-state index in [4.69, 9.17) is 14.2 Å². The summed E-state index contributed by atoms with van der Waals surface area (Å²) >= 11 is 0. The minimum atomic E-state index is 0.536. The lowest BCUT2D eigenvalue weighted by Gasteiger charge is -2.09. The van der Waals surface area contributed by atoms with Crippen LogP contribution >= 0.6 is 0 Å². The number of nitrogens with one attached hydrogen (secondary N) is 2. The largest absolute Gasteiger partial charge is 0.496 e. The third-order valence-corrected chi connectivity index (χ3v) is 6.02. The van der Waals surface area contributed by atoms with Crippen LogP contribution in [-0.2, 0) is 0 Å². The van der Waals surface area contributed by atoms with Gasteiger partial charge in [-0.25, -0.2) is 0 Å². The highest BCUT2D eigenvalue weighted by Crippen LogP contribution is 2.45. The fourth-order valence-corrected chi connectivity index (χ4v) is 4.47. The lowest BCUT2D eigenvalue weighted by Crippen LogP contribution is -1.91. The Morgan fingerprint density at radius 1 is 1.13 bits per heavy atom. The lowest BCUT2D eigenvalue weighted by atomic mass is 9.99. The molecule has 0 saturated heterocycles. The van der Waals surface area contributed by atoms with E-state index in [1.165, 1.54) is 12.8 Å². The Bertz CT molecular complexity index is 1400. The predicted molar refractivity (Wildman–Crippen MR) is 115 cm³/mol. The average Bonchev–Trinajstić information content (AvgIpc) is 3.21. The predicted octanol–water partition coefficient (Wildman–Crippen LogP) is 5.26. The van der Waals surface area contributed by atoms with Crippen molar-refractivity contribution in [3.05, 3.63) is 47.7 Å². The normalized spacial score (nSPS) is 14.1. The zero-order valence-corrected chi connectivity index (χ0v) is 17.0. The molecular weight excluding hydrogens is 378 g/mol. The molecule has 4 heterocycles. The number of hydrogen-bond acceptors (Lipinski definition) is 5. The fourth-order valence-electron chi connectivity index (χ4n) is 4.47. The van der Waals surface area contributed by atoms with Crippen LogP contribution in [0, 0.1) is 13.8 Å². The summed E-state index contributed by atoms with van der Waals surface area (Å²) < 4.78 is 11.2. The van der Waals surface area contributed by atoms with Crippen molar-refractivity contribution in [2.45, 2.75) is 32.6 Å². The number of methoxy groups -OCH3 is 1. The molecule has 1 aromatic carbocycles. The number of nitrogens with zero attached hydrogens (tertiary/aromatic N) is 3. The van der Waals surface area contributed by atoms with E-state index in [1.54, 1.807) is 7.11 Å². The first-order valence-electron chi connectivity index (χ1n) is 10.1. The SMILES string of the molecule is COc1cc2c(cc1-c1c(C)noc1C)[nH]c1ccnc(-c3c[nH]nc3C3CC3)c12. The van der Waals surface area contributed by atoms with E-state index in [2.05, 4.69) is 32.5 Å². The van der Waals surface area contributed by atoms with Crippen LogP contribution in [0.3, 0.4) is 0 Å². The van der Waals surface area contributed by atoms with Crippen molar-refractivity contribution >= 4 is 21.8 Å². The van der Waals surface area contributed by atoms with Crippen molar-refractivity contribution in [2.24, 2.45) is 0 Å². The molecule has 2 N–H and O–H groups in total. The molecule has 1 aliphatic carbocycles. The van der Waals surface area contributed by atoms with Gasteiger partial charge in [0.15, 0.2) is 0 Å². The van der Waals surface area contributed by atoms with Crippen LogP contribution in [0.15, 0.2) is 35.1 Å². The zero-order chi connectivity index (χ0) is 20.4. The minimum absolute atomic E-state index is 0.536. The molecular formula is C23H21N5O2. The van der Waals surface area contributed by atoms with Crippen molar-refractivity contribution in [1.29, 1.82) is 0 Å². The summed E-state index contributed by atoms with van der Waals surface area (Å²) in [6, 6.07) is 6.21. The van der Waals surface area contributed by atoms with E-state index in [1.807, 2.05) is 32.3 Å². The summed E-state index contributed by atoms with van der Waals surface area (Å²) in [4.78, 5) is 8.31. The Morgan fingerprint density at radius 2 is 2.00 bits per heavy atom. The number of ether oxygens (including phenoxy) is 1. The number of aromatic amines is 2. The van der Waals surface area contributed by atoms with Crippen LogP contribution in [-0.4, -0.2) is 32.4 Å². The first-order chi connectivity index (χ1) is 14.7. The van der Waals surface area contributed by atoms with E-state index >= 15 is 0 Å². The molecule has 7 heteroatoms. The zero-order valence-electron chi connectivity index (χ0n) is 17.0. The van der Waals surface area contributed by atoms with E-state index in [0.717, 1.165) is 67.1 Å². The number of H-pyrrole nitrogens is 2. The second-order valence-corrected chi connectivity index (χ2v) is 7.96. The van der Waals surface area contributed by atoms with Crippen LogP contribution in [0.4, 0.5) is 0 Å². The molecule has 0 aliphatic heterocycles. The third-order valence-electron chi connectivity index (χ3n) is 6.02. The molecule has 6 rings (SSSR count). The summed E-state index contributed by atoms with van der Waals surface area (Å²) in [5, 5.41) is 13.8. The molecule has 0 radical (unpaired) electrons. The summed E-state index contributed by atoms with van der Waals surface area (Å²) in [7, 11) is 1.69. The highest BCUT2D eigenvalue weighted by atomic mass is 16.5. The van der Waals surface area contributed by atoms with Crippen LogP contribution in [0.25, 0.3) is 44.2 Å². The van der Waals surface area contributed by atoms with Gasteiger partial charge in [0.2, 0.25) is 0 Å². The number of rotatable bonds is 4. The minimum Gasteiger partial charge on any atom is -0.496 e. The van der Waals surface area contributed by atoms with E-state index in [0.29, 0.717) is 5.92 Å². The van der Waals surface area contributed by atoms with Crippen molar-refractivity contribution < 1.29 is 9.26 Å². The third kappa shape index (κ3) is 2.41. The molecule has 30 heavy (non-hydrogen) atoms. The Balaban J connectivity index is 1.65. The highest BCUT2D eigenvalue weighted by molar-refractivity contribution is 6.14. The van der Waals surface area contributed by atoms with Gasteiger partial charge in [-0.05, 0) is 44.9 Å². The monoisotopic (exact) mass is 399 g/mol. The van der Waals surface area contributed by atoms with Gasteiger partial charge in [-0.1, -0.05) is 5.16 Å². The summed E-state index contributed by atoms with van der Waals surface area (Å²) in [6.45, 7) is 3.87. The number of pyridine rings is 1. The first kappa shape index (κ1) is 17.3. The Morgan fingerprint density at radius 3 is 2.73 bits per heavy atom. The summed E-state index contributed by atoms with van der Waals surface area (Å²) in [5.41, 5.74) is 7.97. The molecule has 7 nitrogen and oxygen atoms in total. The van der Waals surface area contributed by atoms with Crippen molar-refractivity contribution in [3.8, 4) is 28.1 Å².